The van der Waals surface area contributed by atoms with E-state index in [0.717, 1.165) is 43.3 Å². The van der Waals surface area contributed by atoms with Crippen molar-refractivity contribution in [3.8, 4) is 0 Å². The monoisotopic (exact) mass is 281 g/mol. The summed E-state index contributed by atoms with van der Waals surface area (Å²) in [5.74, 6) is 0.742. The summed E-state index contributed by atoms with van der Waals surface area (Å²) in [4.78, 5) is 9.21. The van der Waals surface area contributed by atoms with Gasteiger partial charge in [0.15, 0.2) is 5.82 Å². The molecule has 0 aliphatic heterocycles. The molecule has 0 radical (unpaired) electrons. The van der Waals surface area contributed by atoms with Crippen molar-refractivity contribution in [3.05, 3.63) is 22.8 Å². The highest BCUT2D eigenvalue weighted by molar-refractivity contribution is 5.25. The fourth-order valence-electron chi connectivity index (χ4n) is 1.97. The van der Waals surface area contributed by atoms with Crippen LogP contribution in [0, 0.1) is 13.8 Å². The zero-order valence-electron chi connectivity index (χ0n) is 13.5. The number of hydrogen-bond donors (Lipinski definition) is 1. The van der Waals surface area contributed by atoms with Crippen molar-refractivity contribution < 1.29 is 9.47 Å². The van der Waals surface area contributed by atoms with E-state index in [1.54, 1.807) is 14.2 Å². The van der Waals surface area contributed by atoms with Crippen LogP contribution in [0.25, 0.3) is 0 Å². The van der Waals surface area contributed by atoms with Gasteiger partial charge in [0.1, 0.15) is 5.60 Å². The average molecular weight is 281 g/mol. The lowest BCUT2D eigenvalue weighted by Crippen LogP contribution is -2.26. The average Bonchev–Trinajstić information content (AvgIpc) is 2.40. The van der Waals surface area contributed by atoms with Crippen molar-refractivity contribution >= 4 is 0 Å². The lowest BCUT2D eigenvalue weighted by atomic mass is 10.1. The molecule has 0 fully saturated rings. The van der Waals surface area contributed by atoms with Gasteiger partial charge in [-0.15, -0.1) is 0 Å². The summed E-state index contributed by atoms with van der Waals surface area (Å²) in [5.41, 5.74) is 2.83. The summed E-state index contributed by atoms with van der Waals surface area (Å²) < 4.78 is 10.5. The van der Waals surface area contributed by atoms with Gasteiger partial charge >= 0.3 is 0 Å². The minimum Gasteiger partial charge on any atom is -0.383 e. The van der Waals surface area contributed by atoms with Crippen molar-refractivity contribution in [2.75, 3.05) is 33.9 Å². The van der Waals surface area contributed by atoms with Crippen LogP contribution >= 0.6 is 0 Å². The summed E-state index contributed by atoms with van der Waals surface area (Å²) in [5, 5.41) is 3.34. The van der Waals surface area contributed by atoms with Crippen LogP contribution in [0.15, 0.2) is 0 Å². The van der Waals surface area contributed by atoms with Gasteiger partial charge in [0.25, 0.3) is 0 Å². The fraction of sp³-hybridized carbons (Fsp3) is 0.733. The second-order valence-corrected chi connectivity index (χ2v) is 5.40. The molecule has 0 aliphatic rings. The number of ether oxygens (including phenoxy) is 2. The summed E-state index contributed by atoms with van der Waals surface area (Å²) in [6, 6.07) is 0. The standard InChI is InChI=1S/C15H27N3O2/c1-11-13(7-8-16-9-10-19-5)12(2)18-14(17-11)15(3,4)20-6/h16H,7-10H2,1-6H3. The van der Waals surface area contributed by atoms with Crippen LogP contribution in [-0.4, -0.2) is 43.9 Å². The van der Waals surface area contributed by atoms with E-state index >= 15 is 0 Å². The molecule has 0 aliphatic carbocycles. The first-order valence-corrected chi connectivity index (χ1v) is 7.01. The van der Waals surface area contributed by atoms with E-state index in [1.807, 2.05) is 27.7 Å². The van der Waals surface area contributed by atoms with E-state index < -0.39 is 5.60 Å². The molecule has 0 bridgehead atoms. The lowest BCUT2D eigenvalue weighted by molar-refractivity contribution is 0.0111. The molecular formula is C15H27N3O2. The van der Waals surface area contributed by atoms with Crippen LogP contribution in [0.3, 0.4) is 0 Å². The second kappa shape index (κ2) is 7.67. The van der Waals surface area contributed by atoms with Gasteiger partial charge in [-0.05, 0) is 46.2 Å². The molecule has 20 heavy (non-hydrogen) atoms. The molecule has 0 saturated heterocycles. The number of methoxy groups -OCH3 is 2. The van der Waals surface area contributed by atoms with E-state index in [2.05, 4.69) is 15.3 Å². The molecule has 0 saturated carbocycles. The van der Waals surface area contributed by atoms with Crippen molar-refractivity contribution in [1.29, 1.82) is 0 Å². The Balaban J connectivity index is 2.74. The molecule has 1 heterocycles. The van der Waals surface area contributed by atoms with Gasteiger partial charge in [0.05, 0.1) is 6.61 Å². The zero-order chi connectivity index (χ0) is 15.2. The maximum absolute atomic E-state index is 5.45. The number of nitrogens with one attached hydrogen (secondary N) is 1. The Morgan fingerprint density at radius 3 is 2.15 bits per heavy atom. The van der Waals surface area contributed by atoms with Crippen LogP contribution in [0.2, 0.25) is 0 Å². The highest BCUT2D eigenvalue weighted by Crippen LogP contribution is 2.22. The maximum atomic E-state index is 5.45. The Kier molecular flexibility index (Phi) is 6.52. The molecule has 5 heteroatoms. The first-order chi connectivity index (χ1) is 9.42. The number of aromatic nitrogens is 2. The predicted molar refractivity (Wildman–Crippen MR) is 80.0 cm³/mol. The normalized spacial score (nSPS) is 11.9. The van der Waals surface area contributed by atoms with Gasteiger partial charge in [-0.3, -0.25) is 0 Å². The summed E-state index contributed by atoms with van der Waals surface area (Å²) >= 11 is 0. The van der Waals surface area contributed by atoms with Crippen LogP contribution in [0.4, 0.5) is 0 Å². The molecule has 114 valence electrons. The maximum Gasteiger partial charge on any atom is 0.160 e. The van der Waals surface area contributed by atoms with Crippen molar-refractivity contribution in [2.45, 2.75) is 39.7 Å². The van der Waals surface area contributed by atoms with Crippen LogP contribution in [0.5, 0.6) is 0 Å². The second-order valence-electron chi connectivity index (χ2n) is 5.40. The first-order valence-electron chi connectivity index (χ1n) is 7.01. The highest BCUT2D eigenvalue weighted by atomic mass is 16.5. The number of nitrogens with zero attached hydrogens (tertiary/aromatic N) is 2. The van der Waals surface area contributed by atoms with Crippen LogP contribution in [-0.2, 0) is 21.5 Å². The van der Waals surface area contributed by atoms with Crippen LogP contribution in [0.1, 0.15) is 36.6 Å². The minimum atomic E-state index is -0.454. The smallest absolute Gasteiger partial charge is 0.160 e. The Morgan fingerprint density at radius 1 is 1.05 bits per heavy atom. The van der Waals surface area contributed by atoms with Crippen molar-refractivity contribution in [2.24, 2.45) is 0 Å². The topological polar surface area (TPSA) is 56.3 Å². The third kappa shape index (κ3) is 4.51. The Hall–Kier alpha value is -1.04. The predicted octanol–water partition coefficient (Wildman–Crippen LogP) is 1.75. The largest absolute Gasteiger partial charge is 0.383 e. The van der Waals surface area contributed by atoms with Gasteiger partial charge in [-0.2, -0.15) is 0 Å². The Labute approximate surface area is 122 Å². The van der Waals surface area contributed by atoms with Gasteiger partial charge in [0, 0.05) is 32.2 Å². The van der Waals surface area contributed by atoms with E-state index in [-0.39, 0.29) is 0 Å². The molecule has 5 nitrogen and oxygen atoms in total. The van der Waals surface area contributed by atoms with Gasteiger partial charge in [0.2, 0.25) is 0 Å². The molecule has 0 unspecified atom stereocenters. The summed E-state index contributed by atoms with van der Waals surface area (Å²) in [7, 11) is 3.39. The van der Waals surface area contributed by atoms with E-state index in [0.29, 0.717) is 0 Å². The summed E-state index contributed by atoms with van der Waals surface area (Å²) in [6.45, 7) is 10.5. The molecule has 1 N–H and O–H groups in total. The van der Waals surface area contributed by atoms with E-state index in [9.17, 15) is 0 Å². The van der Waals surface area contributed by atoms with E-state index in [1.165, 1.54) is 5.56 Å². The van der Waals surface area contributed by atoms with Crippen molar-refractivity contribution in [3.63, 3.8) is 0 Å². The zero-order valence-corrected chi connectivity index (χ0v) is 13.5. The molecule has 1 aromatic rings. The van der Waals surface area contributed by atoms with Gasteiger partial charge in [-0.1, -0.05) is 0 Å². The van der Waals surface area contributed by atoms with Gasteiger partial charge in [-0.25, -0.2) is 9.97 Å². The SMILES string of the molecule is COCCNCCc1c(C)nc(C(C)(C)OC)nc1C. The highest BCUT2D eigenvalue weighted by Gasteiger charge is 2.24. The molecule has 0 atom stereocenters. The van der Waals surface area contributed by atoms with E-state index in [4.69, 9.17) is 9.47 Å². The third-order valence-corrected chi connectivity index (χ3v) is 3.50. The number of hydrogen-bond acceptors (Lipinski definition) is 5. The molecule has 1 aromatic heterocycles. The van der Waals surface area contributed by atoms with Crippen LogP contribution < -0.4 is 5.32 Å². The number of aryl methyl sites for hydroxylation is 2. The molecular weight excluding hydrogens is 254 g/mol. The molecule has 0 amide bonds. The minimum absolute atomic E-state index is 0.454. The van der Waals surface area contributed by atoms with Crippen molar-refractivity contribution in [1.82, 2.24) is 15.3 Å². The number of rotatable bonds is 8. The lowest BCUT2D eigenvalue weighted by Gasteiger charge is -2.23. The fourth-order valence-corrected chi connectivity index (χ4v) is 1.97. The Bertz CT molecular complexity index is 410. The third-order valence-electron chi connectivity index (χ3n) is 3.50. The summed E-state index contributed by atoms with van der Waals surface area (Å²) in [6.07, 6.45) is 0.926. The molecule has 1 rings (SSSR count). The first kappa shape index (κ1) is 17.0. The quantitative estimate of drug-likeness (QED) is 0.736. The Morgan fingerprint density at radius 2 is 1.65 bits per heavy atom. The molecule has 0 aromatic carbocycles. The molecule has 0 spiro atoms. The van der Waals surface area contributed by atoms with Gasteiger partial charge < -0.3 is 14.8 Å².